The number of methoxy groups -OCH3 is 1. The van der Waals surface area contributed by atoms with Gasteiger partial charge in [-0.3, -0.25) is 9.36 Å². The fraction of sp³-hybridized carbons (Fsp3) is 0.273. The van der Waals surface area contributed by atoms with E-state index in [1.807, 2.05) is 43.3 Å². The van der Waals surface area contributed by atoms with Crippen LogP contribution >= 0.6 is 11.8 Å². The molecule has 0 saturated carbocycles. The van der Waals surface area contributed by atoms with Gasteiger partial charge in [-0.2, -0.15) is 0 Å². The average molecular weight is 413 g/mol. The molecule has 152 valence electrons. The molecule has 0 amide bonds. The highest BCUT2D eigenvalue weighted by molar-refractivity contribution is 7.99. The van der Waals surface area contributed by atoms with Crippen molar-refractivity contribution < 1.29 is 14.6 Å². The van der Waals surface area contributed by atoms with Crippen LogP contribution in [0.3, 0.4) is 0 Å². The molecular weight excluding hydrogens is 388 g/mol. The van der Waals surface area contributed by atoms with Crippen molar-refractivity contribution in [3.63, 3.8) is 0 Å². The maximum Gasteiger partial charge on any atom is 0.287 e. The molecule has 0 aliphatic carbocycles. The number of aromatic nitrogens is 2. The van der Waals surface area contributed by atoms with E-state index in [1.165, 1.54) is 11.8 Å². The van der Waals surface area contributed by atoms with Gasteiger partial charge in [-0.25, -0.2) is 4.98 Å². The predicted molar refractivity (Wildman–Crippen MR) is 113 cm³/mol. The van der Waals surface area contributed by atoms with Crippen LogP contribution in [-0.4, -0.2) is 34.0 Å². The molecule has 3 aromatic rings. The average Bonchev–Trinajstić information content (AvgIpc) is 2.68. The van der Waals surface area contributed by atoms with Crippen LogP contribution in [0.15, 0.2) is 69.6 Å². The van der Waals surface area contributed by atoms with E-state index in [0.717, 1.165) is 21.9 Å². The van der Waals surface area contributed by atoms with Gasteiger partial charge in [-0.1, -0.05) is 11.8 Å². The van der Waals surface area contributed by atoms with Gasteiger partial charge in [0.25, 0.3) is 5.56 Å². The number of ether oxygens (including phenoxy) is 2. The Labute approximate surface area is 174 Å². The lowest BCUT2D eigenvalue weighted by Gasteiger charge is -2.19. The summed E-state index contributed by atoms with van der Waals surface area (Å²) in [5.74, 6) is 1.43. The summed E-state index contributed by atoms with van der Waals surface area (Å²) in [6, 6.07) is 13.0. The minimum atomic E-state index is -0.916. The van der Waals surface area contributed by atoms with Gasteiger partial charge in [0.15, 0.2) is 5.03 Å². The van der Waals surface area contributed by atoms with Crippen molar-refractivity contribution in [1.29, 1.82) is 0 Å². The Morgan fingerprint density at radius 1 is 1.17 bits per heavy atom. The lowest BCUT2D eigenvalue weighted by atomic mass is 10.1. The standard InChI is InChI=1S/C22H24N2O4S/c1-15-13-16(5-10-19(15)28-14-22(2,3)26)24-12-11-23-20(21(24)25)29-18-8-6-17(27-4)7-9-18/h5-13,26H,14H2,1-4H3. The molecule has 1 N–H and O–H groups in total. The summed E-state index contributed by atoms with van der Waals surface area (Å²) in [7, 11) is 1.61. The first-order valence-electron chi connectivity index (χ1n) is 9.12. The Kier molecular flexibility index (Phi) is 6.30. The molecule has 29 heavy (non-hydrogen) atoms. The molecule has 1 aromatic heterocycles. The van der Waals surface area contributed by atoms with Gasteiger partial charge >= 0.3 is 0 Å². The third-order valence-electron chi connectivity index (χ3n) is 4.10. The number of hydrogen-bond donors (Lipinski definition) is 1. The highest BCUT2D eigenvalue weighted by Crippen LogP contribution is 2.26. The van der Waals surface area contributed by atoms with Crippen LogP contribution in [0.25, 0.3) is 5.69 Å². The number of rotatable bonds is 7. The van der Waals surface area contributed by atoms with Crippen LogP contribution in [0.2, 0.25) is 0 Å². The monoisotopic (exact) mass is 412 g/mol. The van der Waals surface area contributed by atoms with E-state index < -0.39 is 5.60 Å². The summed E-state index contributed by atoms with van der Waals surface area (Å²) >= 11 is 1.31. The minimum absolute atomic E-state index is 0.186. The molecule has 3 rings (SSSR count). The molecule has 0 fully saturated rings. The number of nitrogens with zero attached hydrogens (tertiary/aromatic N) is 2. The van der Waals surface area contributed by atoms with Crippen LogP contribution in [-0.2, 0) is 0 Å². The van der Waals surface area contributed by atoms with Gasteiger partial charge in [0, 0.05) is 23.0 Å². The van der Waals surface area contributed by atoms with Crippen LogP contribution in [0.1, 0.15) is 19.4 Å². The van der Waals surface area contributed by atoms with Crippen molar-refractivity contribution in [2.24, 2.45) is 0 Å². The van der Waals surface area contributed by atoms with Crippen LogP contribution in [0.5, 0.6) is 11.5 Å². The van der Waals surface area contributed by atoms with Gasteiger partial charge in [0.2, 0.25) is 0 Å². The van der Waals surface area contributed by atoms with E-state index in [0.29, 0.717) is 10.8 Å². The summed E-state index contributed by atoms with van der Waals surface area (Å²) in [5, 5.41) is 10.2. The van der Waals surface area contributed by atoms with Crippen LogP contribution in [0, 0.1) is 6.92 Å². The summed E-state index contributed by atoms with van der Waals surface area (Å²) in [6.07, 6.45) is 3.26. The SMILES string of the molecule is COc1ccc(Sc2nccn(-c3ccc(OCC(C)(C)O)c(C)c3)c2=O)cc1. The molecule has 7 heteroatoms. The topological polar surface area (TPSA) is 73.6 Å². The Morgan fingerprint density at radius 3 is 2.52 bits per heavy atom. The van der Waals surface area contributed by atoms with Crippen molar-refractivity contribution >= 4 is 11.8 Å². The van der Waals surface area contributed by atoms with E-state index in [1.54, 1.807) is 44.0 Å². The third-order valence-corrected chi connectivity index (χ3v) is 5.08. The van der Waals surface area contributed by atoms with Gasteiger partial charge < -0.3 is 14.6 Å². The van der Waals surface area contributed by atoms with Crippen molar-refractivity contribution in [2.75, 3.05) is 13.7 Å². The molecule has 0 aliphatic heterocycles. The molecule has 0 saturated heterocycles. The van der Waals surface area contributed by atoms with Gasteiger partial charge in [-0.05, 0) is 68.8 Å². The molecule has 0 unspecified atom stereocenters. The largest absolute Gasteiger partial charge is 0.497 e. The first kappa shape index (κ1) is 21.0. The summed E-state index contributed by atoms with van der Waals surface area (Å²) in [6.45, 7) is 5.47. The highest BCUT2D eigenvalue weighted by atomic mass is 32.2. The molecule has 0 bridgehead atoms. The quantitative estimate of drug-likeness (QED) is 0.635. The maximum absolute atomic E-state index is 12.9. The molecule has 0 spiro atoms. The highest BCUT2D eigenvalue weighted by Gasteiger charge is 2.15. The fourth-order valence-electron chi connectivity index (χ4n) is 2.62. The Morgan fingerprint density at radius 2 is 1.90 bits per heavy atom. The number of aliphatic hydroxyl groups is 1. The second-order valence-electron chi connectivity index (χ2n) is 7.24. The van der Waals surface area contributed by atoms with E-state index in [2.05, 4.69) is 4.98 Å². The molecule has 1 heterocycles. The van der Waals surface area contributed by atoms with E-state index in [4.69, 9.17) is 9.47 Å². The van der Waals surface area contributed by atoms with Gasteiger partial charge in [0.1, 0.15) is 18.1 Å². The van der Waals surface area contributed by atoms with Gasteiger partial charge in [-0.15, -0.1) is 0 Å². The fourth-order valence-corrected chi connectivity index (χ4v) is 3.42. The number of aryl methyl sites for hydroxylation is 1. The molecule has 6 nitrogen and oxygen atoms in total. The third kappa shape index (κ3) is 5.40. The predicted octanol–water partition coefficient (Wildman–Crippen LogP) is 3.85. The normalized spacial score (nSPS) is 11.3. The van der Waals surface area contributed by atoms with Crippen molar-refractivity contribution in [3.05, 3.63) is 70.8 Å². The van der Waals surface area contributed by atoms with Crippen molar-refractivity contribution in [1.82, 2.24) is 9.55 Å². The maximum atomic E-state index is 12.9. The zero-order valence-electron chi connectivity index (χ0n) is 16.9. The lowest BCUT2D eigenvalue weighted by Crippen LogP contribution is -2.28. The number of hydrogen-bond acceptors (Lipinski definition) is 6. The van der Waals surface area contributed by atoms with Crippen LogP contribution < -0.4 is 15.0 Å². The lowest BCUT2D eigenvalue weighted by molar-refractivity contribution is 0.0282. The van der Waals surface area contributed by atoms with Crippen molar-refractivity contribution in [2.45, 2.75) is 36.3 Å². The summed E-state index contributed by atoms with van der Waals surface area (Å²) < 4.78 is 12.4. The molecule has 0 radical (unpaired) electrons. The Hall–Kier alpha value is -2.77. The summed E-state index contributed by atoms with van der Waals surface area (Å²) in [4.78, 5) is 18.1. The molecule has 0 aliphatic rings. The van der Waals surface area contributed by atoms with E-state index in [9.17, 15) is 9.90 Å². The first-order chi connectivity index (χ1) is 13.8. The molecule has 0 atom stereocenters. The smallest absolute Gasteiger partial charge is 0.287 e. The van der Waals surface area contributed by atoms with Crippen molar-refractivity contribution in [3.8, 4) is 17.2 Å². The van der Waals surface area contributed by atoms with Gasteiger partial charge in [0.05, 0.1) is 12.7 Å². The first-order valence-corrected chi connectivity index (χ1v) is 9.94. The minimum Gasteiger partial charge on any atom is -0.497 e. The number of benzene rings is 2. The molecule has 2 aromatic carbocycles. The zero-order valence-corrected chi connectivity index (χ0v) is 17.7. The molecular formula is C22H24N2O4S. The Balaban J connectivity index is 1.85. The second kappa shape index (κ2) is 8.71. The second-order valence-corrected chi connectivity index (χ2v) is 8.30. The van der Waals surface area contributed by atoms with E-state index >= 15 is 0 Å². The zero-order chi connectivity index (χ0) is 21.0. The summed E-state index contributed by atoms with van der Waals surface area (Å²) in [5.41, 5.74) is 0.487. The van der Waals surface area contributed by atoms with Crippen LogP contribution in [0.4, 0.5) is 0 Å². The van der Waals surface area contributed by atoms with E-state index in [-0.39, 0.29) is 12.2 Å². The Bertz CT molecular complexity index is 1040.